The number of para-hydroxylation sites is 1. The molecular formula is C18H17NO4. The van der Waals surface area contributed by atoms with Crippen LogP contribution in [0.3, 0.4) is 0 Å². The molecule has 2 aromatic carbocycles. The third-order valence-corrected chi connectivity index (χ3v) is 4.43. The van der Waals surface area contributed by atoms with Crippen molar-refractivity contribution in [2.45, 2.75) is 24.9 Å². The van der Waals surface area contributed by atoms with Gasteiger partial charge in [0.1, 0.15) is 12.2 Å². The number of carbonyl (C=O) groups excluding carboxylic acids is 1. The Hall–Kier alpha value is -2.37. The molecule has 0 aromatic heterocycles. The Morgan fingerprint density at radius 1 is 1.22 bits per heavy atom. The van der Waals surface area contributed by atoms with E-state index in [-0.39, 0.29) is 6.61 Å². The van der Waals surface area contributed by atoms with Crippen LogP contribution in [0.4, 0.5) is 10.5 Å². The largest absolute Gasteiger partial charge is 0.444 e. The number of hydrogen-bond acceptors (Lipinski definition) is 4. The zero-order valence-corrected chi connectivity index (χ0v) is 12.5. The molecule has 0 radical (unpaired) electrons. The van der Waals surface area contributed by atoms with E-state index in [9.17, 15) is 9.90 Å². The van der Waals surface area contributed by atoms with Gasteiger partial charge in [-0.15, -0.1) is 0 Å². The summed E-state index contributed by atoms with van der Waals surface area (Å²) in [5.74, 6) is 0. The summed E-state index contributed by atoms with van der Waals surface area (Å²) in [7, 11) is 0. The number of nitrogens with zero attached hydrogens (tertiary/aromatic N) is 1. The highest BCUT2D eigenvalue weighted by Crippen LogP contribution is 2.49. The van der Waals surface area contributed by atoms with Crippen molar-refractivity contribution < 1.29 is 19.4 Å². The molecule has 2 aromatic rings. The molecule has 0 aliphatic carbocycles. The van der Waals surface area contributed by atoms with Gasteiger partial charge in [0.15, 0.2) is 6.23 Å². The average Bonchev–Trinajstić information content (AvgIpc) is 3.07. The maximum Gasteiger partial charge on any atom is 0.416 e. The molecule has 1 amide bonds. The summed E-state index contributed by atoms with van der Waals surface area (Å²) in [6, 6.07) is 16.8. The number of ether oxygens (including phenoxy) is 2. The Kier molecular flexibility index (Phi) is 3.32. The number of carbonyl (C=O) groups is 1. The molecule has 5 nitrogen and oxygen atoms in total. The minimum Gasteiger partial charge on any atom is -0.444 e. The Balaban J connectivity index is 1.59. The molecule has 118 valence electrons. The topological polar surface area (TPSA) is 59.0 Å². The number of aliphatic hydroxyl groups is 1. The fourth-order valence-corrected chi connectivity index (χ4v) is 3.30. The molecule has 5 heteroatoms. The van der Waals surface area contributed by atoms with Crippen LogP contribution in [-0.2, 0) is 21.7 Å². The summed E-state index contributed by atoms with van der Waals surface area (Å²) in [5, 5.41) is 10.9. The maximum absolute atomic E-state index is 12.6. The highest BCUT2D eigenvalue weighted by molar-refractivity contribution is 5.92. The van der Waals surface area contributed by atoms with Crippen molar-refractivity contribution in [1.82, 2.24) is 0 Å². The highest BCUT2D eigenvalue weighted by Gasteiger charge is 2.56. The van der Waals surface area contributed by atoms with Crippen molar-refractivity contribution >= 4 is 11.8 Å². The monoisotopic (exact) mass is 311 g/mol. The Morgan fingerprint density at radius 2 is 1.96 bits per heavy atom. The zero-order valence-electron chi connectivity index (χ0n) is 12.5. The number of rotatable bonds is 2. The number of fused-ring (bicyclic) bond motifs is 3. The van der Waals surface area contributed by atoms with E-state index in [2.05, 4.69) is 0 Å². The lowest BCUT2D eigenvalue weighted by atomic mass is 9.93. The molecule has 0 unspecified atom stereocenters. The molecule has 1 N–H and O–H groups in total. The van der Waals surface area contributed by atoms with Gasteiger partial charge in [0, 0.05) is 12.0 Å². The van der Waals surface area contributed by atoms with E-state index >= 15 is 0 Å². The van der Waals surface area contributed by atoms with Gasteiger partial charge in [-0.1, -0.05) is 48.5 Å². The van der Waals surface area contributed by atoms with Crippen LogP contribution in [0.5, 0.6) is 0 Å². The van der Waals surface area contributed by atoms with Gasteiger partial charge in [-0.2, -0.15) is 0 Å². The molecule has 2 aliphatic rings. The summed E-state index contributed by atoms with van der Waals surface area (Å²) >= 11 is 0. The molecule has 23 heavy (non-hydrogen) atoms. The molecule has 4 rings (SSSR count). The molecule has 1 saturated heterocycles. The van der Waals surface area contributed by atoms with Gasteiger partial charge in [0.2, 0.25) is 0 Å². The molecule has 0 bridgehead atoms. The van der Waals surface area contributed by atoms with Crippen molar-refractivity contribution in [2.75, 3.05) is 11.5 Å². The summed E-state index contributed by atoms with van der Waals surface area (Å²) in [4.78, 5) is 14.0. The van der Waals surface area contributed by atoms with Crippen molar-refractivity contribution in [2.24, 2.45) is 0 Å². The summed E-state index contributed by atoms with van der Waals surface area (Å²) in [6.45, 7) is 0.599. The lowest BCUT2D eigenvalue weighted by Gasteiger charge is -2.26. The van der Waals surface area contributed by atoms with Crippen LogP contribution >= 0.6 is 0 Å². The zero-order chi connectivity index (χ0) is 15.9. The second kappa shape index (κ2) is 5.37. The fourth-order valence-electron chi connectivity index (χ4n) is 3.30. The molecule has 0 spiro atoms. The van der Waals surface area contributed by atoms with Crippen molar-refractivity contribution in [3.8, 4) is 0 Å². The van der Waals surface area contributed by atoms with Crippen LogP contribution in [0.15, 0.2) is 54.6 Å². The van der Waals surface area contributed by atoms with Gasteiger partial charge in [-0.25, -0.2) is 9.69 Å². The predicted octanol–water partition coefficient (Wildman–Crippen LogP) is 2.78. The van der Waals surface area contributed by atoms with E-state index in [1.54, 1.807) is 6.07 Å². The van der Waals surface area contributed by atoms with Crippen LogP contribution in [0.25, 0.3) is 0 Å². The quantitative estimate of drug-likeness (QED) is 0.926. The van der Waals surface area contributed by atoms with Crippen LogP contribution in [0.1, 0.15) is 17.5 Å². The molecule has 2 atom stereocenters. The first-order chi connectivity index (χ1) is 11.2. The molecule has 2 aliphatic heterocycles. The number of anilines is 1. The van der Waals surface area contributed by atoms with Crippen LogP contribution in [0, 0.1) is 0 Å². The maximum atomic E-state index is 12.6. The van der Waals surface area contributed by atoms with E-state index in [0.29, 0.717) is 18.7 Å². The van der Waals surface area contributed by atoms with Crippen molar-refractivity contribution in [1.29, 1.82) is 0 Å². The fraction of sp³-hybridized carbons (Fsp3) is 0.278. The number of benzene rings is 2. The highest BCUT2D eigenvalue weighted by atomic mass is 16.6. The molecule has 2 heterocycles. The average molecular weight is 311 g/mol. The predicted molar refractivity (Wildman–Crippen MR) is 83.8 cm³/mol. The summed E-state index contributed by atoms with van der Waals surface area (Å²) in [5.41, 5.74) is 1.13. The van der Waals surface area contributed by atoms with E-state index in [0.717, 1.165) is 11.1 Å². The lowest BCUT2D eigenvalue weighted by molar-refractivity contribution is -0.0305. The summed E-state index contributed by atoms with van der Waals surface area (Å²) in [6.07, 6.45) is -0.760. The van der Waals surface area contributed by atoms with E-state index in [1.807, 2.05) is 48.5 Å². The first-order valence-corrected chi connectivity index (χ1v) is 7.63. The normalized spacial score (nSPS) is 25.1. The minimum atomic E-state index is -1.15. The van der Waals surface area contributed by atoms with Crippen molar-refractivity contribution in [3.63, 3.8) is 0 Å². The van der Waals surface area contributed by atoms with Crippen LogP contribution < -0.4 is 4.90 Å². The second-order valence-corrected chi connectivity index (χ2v) is 5.82. The van der Waals surface area contributed by atoms with Gasteiger partial charge in [-0.3, -0.25) is 0 Å². The SMILES string of the molecule is O=C(OCc1ccccc1)N1c2ccccc2[C@]2(O)CCO[C@H]12. The second-order valence-electron chi connectivity index (χ2n) is 5.82. The molecule has 0 saturated carbocycles. The van der Waals surface area contributed by atoms with Crippen molar-refractivity contribution in [3.05, 3.63) is 65.7 Å². The summed E-state index contributed by atoms with van der Waals surface area (Å²) < 4.78 is 11.0. The molecule has 1 fully saturated rings. The van der Waals surface area contributed by atoms with Gasteiger partial charge in [0.25, 0.3) is 0 Å². The third kappa shape index (κ3) is 2.20. The standard InChI is InChI=1S/C18H17NO4/c20-17(23-12-13-6-2-1-3-7-13)19-15-9-5-4-8-14(15)18(21)10-11-22-16(18)19/h1-9,16,21H,10-12H2/t16-,18+/m0/s1. The van der Waals surface area contributed by atoms with Crippen LogP contribution in [0.2, 0.25) is 0 Å². The first kappa shape index (κ1) is 14.2. The van der Waals surface area contributed by atoms with Gasteiger partial charge >= 0.3 is 6.09 Å². The van der Waals surface area contributed by atoms with E-state index < -0.39 is 17.9 Å². The number of amides is 1. The third-order valence-electron chi connectivity index (χ3n) is 4.43. The first-order valence-electron chi connectivity index (χ1n) is 7.63. The molecular weight excluding hydrogens is 294 g/mol. The Labute approximate surface area is 134 Å². The van der Waals surface area contributed by atoms with Gasteiger partial charge in [-0.05, 0) is 11.6 Å². The van der Waals surface area contributed by atoms with E-state index in [4.69, 9.17) is 9.47 Å². The number of hydrogen-bond donors (Lipinski definition) is 1. The van der Waals surface area contributed by atoms with Gasteiger partial charge in [0.05, 0.1) is 12.3 Å². The minimum absolute atomic E-state index is 0.184. The lowest BCUT2D eigenvalue weighted by Crippen LogP contribution is -2.45. The van der Waals surface area contributed by atoms with E-state index in [1.165, 1.54) is 4.90 Å². The Bertz CT molecular complexity index is 733. The Morgan fingerprint density at radius 3 is 2.78 bits per heavy atom. The van der Waals surface area contributed by atoms with Gasteiger partial charge < -0.3 is 14.6 Å². The van der Waals surface area contributed by atoms with Crippen LogP contribution in [-0.4, -0.2) is 24.0 Å². The smallest absolute Gasteiger partial charge is 0.416 e.